The van der Waals surface area contributed by atoms with Crippen molar-refractivity contribution < 1.29 is 9.53 Å². The van der Waals surface area contributed by atoms with E-state index in [9.17, 15) is 4.79 Å². The lowest BCUT2D eigenvalue weighted by Crippen LogP contribution is -2.61. The molecule has 3 aromatic rings. The largest absolute Gasteiger partial charge is 0.497 e. The zero-order chi connectivity index (χ0) is 20.9. The van der Waals surface area contributed by atoms with E-state index in [-0.39, 0.29) is 17.9 Å². The molecule has 0 aliphatic carbocycles. The Morgan fingerprint density at radius 2 is 1.80 bits per heavy atom. The molecule has 1 aliphatic rings. The minimum absolute atomic E-state index is 0.0531. The van der Waals surface area contributed by atoms with E-state index in [4.69, 9.17) is 11.3 Å². The van der Waals surface area contributed by atoms with Gasteiger partial charge in [-0.05, 0) is 36.2 Å². The molecule has 2 atom stereocenters. The third-order valence-electron chi connectivity index (χ3n) is 5.40. The van der Waals surface area contributed by atoms with Gasteiger partial charge in [0.15, 0.2) is 5.69 Å². The summed E-state index contributed by atoms with van der Waals surface area (Å²) in [6.45, 7) is 7.23. The van der Waals surface area contributed by atoms with Crippen molar-refractivity contribution in [1.29, 1.82) is 0 Å². The van der Waals surface area contributed by atoms with Gasteiger partial charge < -0.3 is 9.64 Å². The van der Waals surface area contributed by atoms with E-state index in [1.54, 1.807) is 13.2 Å². The van der Waals surface area contributed by atoms with Crippen LogP contribution in [0.3, 0.4) is 0 Å². The lowest BCUT2D eigenvalue weighted by atomic mass is 9.81. The quantitative estimate of drug-likeness (QED) is 0.407. The molecule has 4 nitrogen and oxygen atoms in total. The van der Waals surface area contributed by atoms with Gasteiger partial charge in [0.2, 0.25) is 5.91 Å². The van der Waals surface area contributed by atoms with Crippen molar-refractivity contribution in [2.75, 3.05) is 12.0 Å². The zero-order valence-electron chi connectivity index (χ0n) is 16.7. The number of hydrogen-bond donors (Lipinski definition) is 0. The average Bonchev–Trinajstić information content (AvgIpc) is 2.81. The van der Waals surface area contributed by atoms with Crippen LogP contribution in [0.15, 0.2) is 84.9 Å². The van der Waals surface area contributed by atoms with Gasteiger partial charge in [-0.25, -0.2) is 4.85 Å². The molecule has 0 N–H and O–H groups in total. The topological polar surface area (TPSA) is 33.9 Å². The van der Waals surface area contributed by atoms with E-state index in [1.165, 1.54) is 0 Å². The molecule has 1 amide bonds. The number of hydrogen-bond acceptors (Lipinski definition) is 2. The Hall–Kier alpha value is -3.84. The van der Waals surface area contributed by atoms with Crippen molar-refractivity contribution in [2.45, 2.75) is 12.5 Å². The number of anilines is 1. The summed E-state index contributed by atoms with van der Waals surface area (Å²) >= 11 is 0. The fraction of sp³-hybridized carbons (Fsp3) is 0.154. The molecule has 1 unspecified atom stereocenters. The summed E-state index contributed by atoms with van der Waals surface area (Å²) in [5.74, 6) is 0.694. The maximum Gasteiger partial charge on any atom is 0.233 e. The van der Waals surface area contributed by atoms with Crippen LogP contribution in [-0.4, -0.2) is 19.1 Å². The predicted octanol–water partition coefficient (Wildman–Crippen LogP) is 5.53. The fourth-order valence-electron chi connectivity index (χ4n) is 3.82. The number of methoxy groups -OCH3 is 1. The molecular weight excluding hydrogens is 372 g/mol. The smallest absolute Gasteiger partial charge is 0.233 e. The fourth-order valence-corrected chi connectivity index (χ4v) is 3.82. The van der Waals surface area contributed by atoms with Crippen LogP contribution >= 0.6 is 0 Å². The summed E-state index contributed by atoms with van der Waals surface area (Å²) in [5.41, 5.74) is 3.56. The molecule has 0 radical (unpaired) electrons. The van der Waals surface area contributed by atoms with Gasteiger partial charge in [0, 0.05) is 5.69 Å². The molecule has 3 aromatic carbocycles. The molecule has 1 aliphatic heterocycles. The molecule has 0 aromatic heterocycles. The Morgan fingerprint density at radius 1 is 1.03 bits per heavy atom. The van der Waals surface area contributed by atoms with Crippen molar-refractivity contribution in [3.63, 3.8) is 0 Å². The van der Waals surface area contributed by atoms with Gasteiger partial charge in [0.05, 0.1) is 25.6 Å². The molecule has 0 bridgehead atoms. The molecule has 0 saturated carbocycles. The SMILES string of the molecule is [C-]#[N+]c1cccc(C[C@H]2C(=O)N(c3ccc(OC)cc3)C2/C=C/c2ccccc2)c1. The maximum atomic E-state index is 13.1. The number of benzene rings is 3. The summed E-state index contributed by atoms with van der Waals surface area (Å²) in [5, 5.41) is 0. The second-order valence-electron chi connectivity index (χ2n) is 7.26. The number of nitrogens with zero attached hydrogens (tertiary/aromatic N) is 2. The van der Waals surface area contributed by atoms with Crippen LogP contribution < -0.4 is 9.64 Å². The van der Waals surface area contributed by atoms with Crippen LogP contribution in [0, 0.1) is 12.5 Å². The second-order valence-corrected chi connectivity index (χ2v) is 7.26. The first-order chi connectivity index (χ1) is 14.7. The lowest BCUT2D eigenvalue weighted by molar-refractivity contribution is -0.128. The van der Waals surface area contributed by atoms with E-state index in [0.29, 0.717) is 12.1 Å². The number of rotatable bonds is 6. The van der Waals surface area contributed by atoms with Crippen LogP contribution in [-0.2, 0) is 11.2 Å². The summed E-state index contributed by atoms with van der Waals surface area (Å²) in [7, 11) is 1.63. The summed E-state index contributed by atoms with van der Waals surface area (Å²) in [6, 6.07) is 25.1. The third-order valence-corrected chi connectivity index (χ3v) is 5.40. The Labute approximate surface area is 176 Å². The summed E-state index contributed by atoms with van der Waals surface area (Å²) in [4.78, 5) is 18.4. The Balaban J connectivity index is 1.62. The zero-order valence-corrected chi connectivity index (χ0v) is 16.7. The first kappa shape index (κ1) is 19.5. The first-order valence-corrected chi connectivity index (χ1v) is 9.86. The van der Waals surface area contributed by atoms with Gasteiger partial charge in [-0.2, -0.15) is 0 Å². The van der Waals surface area contributed by atoms with Crippen LogP contribution in [0.25, 0.3) is 10.9 Å². The van der Waals surface area contributed by atoms with Crippen LogP contribution in [0.4, 0.5) is 11.4 Å². The minimum atomic E-state index is -0.159. The Kier molecular flexibility index (Phi) is 5.63. The summed E-state index contributed by atoms with van der Waals surface area (Å²) in [6.07, 6.45) is 4.78. The van der Waals surface area contributed by atoms with Gasteiger partial charge in [-0.15, -0.1) is 0 Å². The van der Waals surface area contributed by atoms with Crippen molar-refractivity contribution in [3.05, 3.63) is 107 Å². The highest BCUT2D eigenvalue weighted by molar-refractivity contribution is 6.04. The summed E-state index contributed by atoms with van der Waals surface area (Å²) < 4.78 is 5.24. The van der Waals surface area contributed by atoms with Gasteiger partial charge in [0.1, 0.15) is 5.75 Å². The monoisotopic (exact) mass is 394 g/mol. The number of β-lactam (4-membered cyclic amide) rings is 1. The van der Waals surface area contributed by atoms with Crippen molar-refractivity contribution in [2.24, 2.45) is 5.92 Å². The van der Waals surface area contributed by atoms with E-state index in [0.717, 1.165) is 22.6 Å². The molecule has 4 rings (SSSR count). The standard InChI is InChI=1S/C26H22N2O2/c1-27-21-10-6-9-20(17-21)18-24-25(16-11-19-7-4-3-5-8-19)28(26(24)29)22-12-14-23(30-2)15-13-22/h3-17,24-25H,18H2,2H3/b16-11+/t24-,25?/m1/s1. The molecule has 1 fully saturated rings. The van der Waals surface area contributed by atoms with E-state index in [1.807, 2.05) is 77.7 Å². The molecule has 30 heavy (non-hydrogen) atoms. The molecular formula is C26H22N2O2. The number of carbonyl (C=O) groups excluding carboxylic acids is 1. The number of ether oxygens (including phenoxy) is 1. The highest BCUT2D eigenvalue weighted by atomic mass is 16.5. The minimum Gasteiger partial charge on any atom is -0.497 e. The lowest BCUT2D eigenvalue weighted by Gasteiger charge is -2.46. The Morgan fingerprint density at radius 3 is 2.50 bits per heavy atom. The van der Waals surface area contributed by atoms with Gasteiger partial charge in [-0.3, -0.25) is 4.79 Å². The third kappa shape index (κ3) is 3.97. The predicted molar refractivity (Wildman–Crippen MR) is 120 cm³/mol. The van der Waals surface area contributed by atoms with E-state index >= 15 is 0 Å². The van der Waals surface area contributed by atoms with Gasteiger partial charge in [0.25, 0.3) is 0 Å². The van der Waals surface area contributed by atoms with Crippen LogP contribution in [0.2, 0.25) is 0 Å². The highest BCUT2D eigenvalue weighted by Crippen LogP contribution is 2.37. The second kappa shape index (κ2) is 8.67. The van der Waals surface area contributed by atoms with Crippen LogP contribution in [0.1, 0.15) is 11.1 Å². The van der Waals surface area contributed by atoms with E-state index < -0.39 is 0 Å². The normalized spacial score (nSPS) is 18.1. The molecule has 1 heterocycles. The number of carbonyl (C=O) groups is 1. The molecule has 148 valence electrons. The average molecular weight is 394 g/mol. The highest BCUT2D eigenvalue weighted by Gasteiger charge is 2.46. The molecule has 4 heteroatoms. The van der Waals surface area contributed by atoms with E-state index in [2.05, 4.69) is 17.0 Å². The van der Waals surface area contributed by atoms with Gasteiger partial charge in [-0.1, -0.05) is 72.3 Å². The van der Waals surface area contributed by atoms with Crippen LogP contribution in [0.5, 0.6) is 5.75 Å². The van der Waals surface area contributed by atoms with Crippen molar-refractivity contribution in [3.8, 4) is 5.75 Å². The van der Waals surface area contributed by atoms with Gasteiger partial charge >= 0.3 is 0 Å². The Bertz CT molecular complexity index is 1100. The first-order valence-electron chi connectivity index (χ1n) is 9.86. The van der Waals surface area contributed by atoms with Crippen molar-refractivity contribution >= 4 is 23.4 Å². The van der Waals surface area contributed by atoms with Crippen molar-refractivity contribution in [1.82, 2.24) is 0 Å². The molecule has 1 saturated heterocycles. The maximum absolute atomic E-state index is 13.1. The number of amides is 1. The molecule has 0 spiro atoms.